The minimum absolute atomic E-state index is 0.133. The third-order valence-electron chi connectivity index (χ3n) is 4.69. The second kappa shape index (κ2) is 8.69. The van der Waals surface area contributed by atoms with Crippen LogP contribution in [0.5, 0.6) is 0 Å². The number of rotatable bonds is 1. The van der Waals surface area contributed by atoms with Gasteiger partial charge in [0.15, 0.2) is 0 Å². The van der Waals surface area contributed by atoms with Gasteiger partial charge in [0.05, 0.1) is 11.7 Å². The van der Waals surface area contributed by atoms with Gasteiger partial charge in [0.25, 0.3) is 0 Å². The molecule has 2 atom stereocenters. The van der Waals surface area contributed by atoms with Crippen LogP contribution in [0.15, 0.2) is 34.9 Å². The number of hydrogen-bond donors (Lipinski definition) is 2. The van der Waals surface area contributed by atoms with E-state index in [4.69, 9.17) is 0 Å². The molecule has 2 N–H and O–H groups in total. The first-order valence-corrected chi connectivity index (χ1v) is 8.59. The average molecular weight is 306 g/mol. The van der Waals surface area contributed by atoms with Crippen molar-refractivity contribution in [1.82, 2.24) is 0 Å². The zero-order chi connectivity index (χ0) is 16.8. The first-order valence-electron chi connectivity index (χ1n) is 8.59. The summed E-state index contributed by atoms with van der Waals surface area (Å²) in [6.45, 7) is 10.0. The largest absolute Gasteiger partial charge is 0.390 e. The van der Waals surface area contributed by atoms with E-state index in [0.717, 1.165) is 38.5 Å². The Morgan fingerprint density at radius 2 is 1.41 bits per heavy atom. The van der Waals surface area contributed by atoms with Crippen molar-refractivity contribution >= 4 is 0 Å². The van der Waals surface area contributed by atoms with Crippen molar-refractivity contribution in [1.29, 1.82) is 0 Å². The third-order valence-corrected chi connectivity index (χ3v) is 4.69. The third kappa shape index (κ3) is 6.93. The molecule has 0 amide bonds. The number of aliphatic hydroxyl groups excluding tert-OH is 1. The van der Waals surface area contributed by atoms with Gasteiger partial charge in [-0.3, -0.25) is 0 Å². The van der Waals surface area contributed by atoms with E-state index in [9.17, 15) is 10.2 Å². The molecule has 0 saturated carbocycles. The van der Waals surface area contributed by atoms with Crippen molar-refractivity contribution in [3.05, 3.63) is 34.9 Å². The standard InChI is InChI=1S/C20H34O2/c1-15-8-6-10-16(2)12-13-18(20(4,5)22)19(21)14-17(3)11-7-9-15/h9-10,14,18-19,21-22H,6-8,11-13H2,1-5H3/b15-9+,16-10+,17-14+/t18-,19-/m1/s1. The molecular formula is C20H34O2. The maximum atomic E-state index is 10.6. The Bertz CT molecular complexity index is 435. The molecule has 0 saturated heterocycles. The molecule has 0 aliphatic heterocycles. The number of aliphatic hydroxyl groups is 2. The minimum atomic E-state index is -0.871. The Hall–Kier alpha value is -0.860. The van der Waals surface area contributed by atoms with Gasteiger partial charge in [-0.25, -0.2) is 0 Å². The summed E-state index contributed by atoms with van der Waals surface area (Å²) in [6.07, 6.45) is 11.9. The second-order valence-corrected chi connectivity index (χ2v) is 7.48. The van der Waals surface area contributed by atoms with E-state index in [0.29, 0.717) is 0 Å². The van der Waals surface area contributed by atoms with Crippen molar-refractivity contribution in [2.24, 2.45) is 5.92 Å². The smallest absolute Gasteiger partial charge is 0.0778 e. The van der Waals surface area contributed by atoms with Gasteiger partial charge < -0.3 is 10.2 Å². The second-order valence-electron chi connectivity index (χ2n) is 7.48. The van der Waals surface area contributed by atoms with Crippen LogP contribution in [0.3, 0.4) is 0 Å². The van der Waals surface area contributed by atoms with Crippen LogP contribution in [0.4, 0.5) is 0 Å². The van der Waals surface area contributed by atoms with E-state index in [2.05, 4.69) is 32.9 Å². The molecule has 0 spiro atoms. The lowest BCUT2D eigenvalue weighted by Crippen LogP contribution is -2.38. The highest BCUT2D eigenvalue weighted by molar-refractivity contribution is 5.10. The lowest BCUT2D eigenvalue weighted by atomic mass is 9.81. The Labute approximate surface area is 136 Å². The molecule has 0 heterocycles. The molecule has 0 aromatic rings. The first kappa shape index (κ1) is 19.2. The van der Waals surface area contributed by atoms with E-state index in [-0.39, 0.29) is 5.92 Å². The maximum Gasteiger partial charge on any atom is 0.0778 e. The van der Waals surface area contributed by atoms with Crippen LogP contribution in [0.25, 0.3) is 0 Å². The summed E-state index contributed by atoms with van der Waals surface area (Å²) in [5.41, 5.74) is 3.13. The normalized spacial score (nSPS) is 33.7. The zero-order valence-electron chi connectivity index (χ0n) is 15.0. The van der Waals surface area contributed by atoms with Crippen molar-refractivity contribution in [2.75, 3.05) is 0 Å². The number of hydrogen-bond acceptors (Lipinski definition) is 2. The minimum Gasteiger partial charge on any atom is -0.390 e. The lowest BCUT2D eigenvalue weighted by Gasteiger charge is -2.32. The van der Waals surface area contributed by atoms with Crippen LogP contribution in [-0.4, -0.2) is 21.9 Å². The van der Waals surface area contributed by atoms with E-state index in [1.807, 2.05) is 6.08 Å². The van der Waals surface area contributed by atoms with Gasteiger partial charge in [-0.05, 0) is 73.1 Å². The van der Waals surface area contributed by atoms with Gasteiger partial charge >= 0.3 is 0 Å². The lowest BCUT2D eigenvalue weighted by molar-refractivity contribution is -0.0345. The summed E-state index contributed by atoms with van der Waals surface area (Å²) in [4.78, 5) is 0. The Balaban J connectivity index is 2.96. The van der Waals surface area contributed by atoms with Crippen molar-refractivity contribution in [2.45, 2.75) is 84.8 Å². The highest BCUT2D eigenvalue weighted by Crippen LogP contribution is 2.29. The molecule has 0 fully saturated rings. The van der Waals surface area contributed by atoms with E-state index in [1.54, 1.807) is 13.8 Å². The topological polar surface area (TPSA) is 40.5 Å². The molecule has 22 heavy (non-hydrogen) atoms. The maximum absolute atomic E-state index is 10.6. The molecule has 1 aliphatic rings. The monoisotopic (exact) mass is 306 g/mol. The van der Waals surface area contributed by atoms with Gasteiger partial charge in [-0.15, -0.1) is 0 Å². The Morgan fingerprint density at radius 1 is 0.909 bits per heavy atom. The zero-order valence-corrected chi connectivity index (χ0v) is 15.0. The molecule has 126 valence electrons. The molecule has 1 rings (SSSR count). The van der Waals surface area contributed by atoms with Gasteiger partial charge in [-0.2, -0.15) is 0 Å². The summed E-state index contributed by atoms with van der Waals surface area (Å²) < 4.78 is 0. The molecule has 1 aliphatic carbocycles. The summed E-state index contributed by atoms with van der Waals surface area (Å²) in [5, 5.41) is 21.0. The highest BCUT2D eigenvalue weighted by Gasteiger charge is 2.31. The van der Waals surface area contributed by atoms with Gasteiger partial charge in [-0.1, -0.05) is 34.9 Å². The predicted octanol–water partition coefficient (Wildman–Crippen LogP) is 4.93. The van der Waals surface area contributed by atoms with Gasteiger partial charge in [0, 0.05) is 5.92 Å². The van der Waals surface area contributed by atoms with Crippen LogP contribution in [0.2, 0.25) is 0 Å². The summed E-state index contributed by atoms with van der Waals surface area (Å²) >= 11 is 0. The molecule has 2 nitrogen and oxygen atoms in total. The van der Waals surface area contributed by atoms with Gasteiger partial charge in [0.2, 0.25) is 0 Å². The van der Waals surface area contributed by atoms with E-state index in [1.165, 1.54) is 16.7 Å². The predicted molar refractivity (Wildman–Crippen MR) is 94.8 cm³/mol. The SMILES string of the molecule is C/C1=C\CC/C(C)=C/[C@@H](O)[C@H](C(C)(C)O)CC/C(C)=C/CC1. The fourth-order valence-corrected chi connectivity index (χ4v) is 3.11. The summed E-state index contributed by atoms with van der Waals surface area (Å²) in [7, 11) is 0. The molecule has 2 heteroatoms. The fourth-order valence-electron chi connectivity index (χ4n) is 3.11. The molecular weight excluding hydrogens is 272 g/mol. The van der Waals surface area contributed by atoms with Crippen LogP contribution < -0.4 is 0 Å². The van der Waals surface area contributed by atoms with E-state index < -0.39 is 11.7 Å². The molecule has 0 aromatic carbocycles. The fraction of sp³-hybridized carbons (Fsp3) is 0.700. The van der Waals surface area contributed by atoms with Gasteiger partial charge in [0.1, 0.15) is 0 Å². The Kier molecular flexibility index (Phi) is 7.58. The van der Waals surface area contributed by atoms with Crippen molar-refractivity contribution in [3.8, 4) is 0 Å². The van der Waals surface area contributed by atoms with Crippen LogP contribution >= 0.6 is 0 Å². The first-order chi connectivity index (χ1) is 10.2. The van der Waals surface area contributed by atoms with Crippen molar-refractivity contribution in [3.63, 3.8) is 0 Å². The molecule has 0 bridgehead atoms. The Morgan fingerprint density at radius 3 is 1.95 bits per heavy atom. The molecule has 0 unspecified atom stereocenters. The quantitative estimate of drug-likeness (QED) is 0.674. The average Bonchev–Trinajstić information content (AvgIpc) is 2.36. The van der Waals surface area contributed by atoms with Crippen LogP contribution in [0.1, 0.15) is 73.1 Å². The number of allylic oxidation sites excluding steroid dienone is 5. The highest BCUT2D eigenvalue weighted by atomic mass is 16.3. The molecule has 0 aromatic heterocycles. The van der Waals surface area contributed by atoms with Crippen LogP contribution in [0, 0.1) is 5.92 Å². The summed E-state index contributed by atoms with van der Waals surface area (Å²) in [6, 6.07) is 0. The molecule has 0 radical (unpaired) electrons. The summed E-state index contributed by atoms with van der Waals surface area (Å²) in [5.74, 6) is -0.133. The van der Waals surface area contributed by atoms with E-state index >= 15 is 0 Å². The van der Waals surface area contributed by atoms with Crippen molar-refractivity contribution < 1.29 is 10.2 Å². The van der Waals surface area contributed by atoms with Crippen LogP contribution in [-0.2, 0) is 0 Å².